The Morgan fingerprint density at radius 1 is 1.07 bits per heavy atom. The van der Waals surface area contributed by atoms with Crippen LogP contribution in [0.15, 0.2) is 72.0 Å². The van der Waals surface area contributed by atoms with Crippen molar-refractivity contribution in [3.05, 3.63) is 83.7 Å². The maximum absolute atomic E-state index is 12.1. The van der Waals surface area contributed by atoms with Crippen molar-refractivity contribution in [2.24, 2.45) is 4.99 Å². The molecule has 0 aliphatic rings. The van der Waals surface area contributed by atoms with Gasteiger partial charge in [0.2, 0.25) is 5.91 Å². The second-order valence-corrected chi connectivity index (χ2v) is 6.66. The van der Waals surface area contributed by atoms with Crippen molar-refractivity contribution in [1.29, 1.82) is 0 Å². The molecule has 1 aromatic heterocycles. The summed E-state index contributed by atoms with van der Waals surface area (Å²) in [7, 11) is 1.75. The topological polar surface area (TPSA) is 83.3 Å². The average Bonchev–Trinajstić information content (AvgIpc) is 3.22. The number of carbonyl (C=O) groups excluding carboxylic acids is 1. The van der Waals surface area contributed by atoms with E-state index in [-0.39, 0.29) is 36.4 Å². The van der Waals surface area contributed by atoms with Gasteiger partial charge in [0.25, 0.3) is 0 Å². The summed E-state index contributed by atoms with van der Waals surface area (Å²) in [6.07, 6.45) is 3.41. The van der Waals surface area contributed by atoms with Gasteiger partial charge in [-0.1, -0.05) is 36.4 Å². The number of anilines is 1. The van der Waals surface area contributed by atoms with Gasteiger partial charge in [-0.25, -0.2) is 0 Å². The Balaban J connectivity index is 0.00000320. The molecule has 0 fully saturated rings. The van der Waals surface area contributed by atoms with Gasteiger partial charge in [-0.05, 0) is 41.8 Å². The third-order valence-corrected chi connectivity index (χ3v) is 4.47. The first-order valence-corrected chi connectivity index (χ1v) is 9.49. The van der Waals surface area contributed by atoms with Crippen LogP contribution in [0, 0.1) is 6.92 Å². The molecular formula is C22H27IN6O. The predicted molar refractivity (Wildman–Crippen MR) is 131 cm³/mol. The van der Waals surface area contributed by atoms with E-state index in [0.717, 1.165) is 17.2 Å². The minimum Gasteiger partial charge on any atom is -0.352 e. The van der Waals surface area contributed by atoms with Crippen LogP contribution >= 0.6 is 24.0 Å². The smallest absolute Gasteiger partial charge is 0.246 e. The van der Waals surface area contributed by atoms with Gasteiger partial charge in [0.15, 0.2) is 5.96 Å². The summed E-state index contributed by atoms with van der Waals surface area (Å²) in [6.45, 7) is 3.58. The molecule has 0 unspecified atom stereocenters. The van der Waals surface area contributed by atoms with Crippen LogP contribution in [0.3, 0.4) is 0 Å². The van der Waals surface area contributed by atoms with Gasteiger partial charge in [-0.15, -0.1) is 24.0 Å². The van der Waals surface area contributed by atoms with Crippen LogP contribution in [-0.4, -0.2) is 28.7 Å². The number of aromatic nitrogens is 2. The van der Waals surface area contributed by atoms with E-state index in [9.17, 15) is 4.79 Å². The third-order valence-electron chi connectivity index (χ3n) is 4.47. The molecule has 1 heterocycles. The molecule has 0 spiro atoms. The second-order valence-electron chi connectivity index (χ2n) is 6.66. The lowest BCUT2D eigenvalue weighted by atomic mass is 10.1. The first-order valence-electron chi connectivity index (χ1n) is 9.49. The quantitative estimate of drug-likeness (QED) is 0.255. The molecule has 2 aromatic carbocycles. The first kappa shape index (κ1) is 23.4. The molecule has 7 nitrogen and oxygen atoms in total. The molecule has 0 aliphatic carbocycles. The molecule has 0 aliphatic heterocycles. The summed E-state index contributed by atoms with van der Waals surface area (Å²) in [5.74, 6) is 0.607. The van der Waals surface area contributed by atoms with E-state index < -0.39 is 0 Å². The van der Waals surface area contributed by atoms with Crippen molar-refractivity contribution in [1.82, 2.24) is 20.4 Å². The lowest BCUT2D eigenvalue weighted by Crippen LogP contribution is -2.36. The number of hydrogen-bond donors (Lipinski definition) is 3. The molecular weight excluding hydrogens is 491 g/mol. The molecule has 3 rings (SSSR count). The fourth-order valence-electron chi connectivity index (χ4n) is 2.89. The van der Waals surface area contributed by atoms with Gasteiger partial charge in [0.05, 0.1) is 0 Å². The van der Waals surface area contributed by atoms with Gasteiger partial charge >= 0.3 is 0 Å². The molecule has 8 heteroatoms. The Hall–Kier alpha value is -2.88. The summed E-state index contributed by atoms with van der Waals surface area (Å²) < 4.78 is 1.59. The highest BCUT2D eigenvalue weighted by Gasteiger charge is 2.05. The summed E-state index contributed by atoms with van der Waals surface area (Å²) in [5, 5.41) is 13.6. The summed E-state index contributed by atoms with van der Waals surface area (Å²) in [6, 6.07) is 17.8. The summed E-state index contributed by atoms with van der Waals surface area (Å²) in [4.78, 5) is 16.4. The minimum atomic E-state index is -0.116. The molecule has 158 valence electrons. The molecule has 30 heavy (non-hydrogen) atoms. The molecule has 0 saturated carbocycles. The lowest BCUT2D eigenvalue weighted by molar-refractivity contribution is -0.116. The number of benzene rings is 2. The number of guanidine groups is 1. The minimum absolute atomic E-state index is 0. The fraction of sp³-hybridized carbons (Fsp3) is 0.227. The normalized spacial score (nSPS) is 10.8. The number of rotatable bonds is 7. The SMILES string of the molecule is CN=C(NCc1cccc(NC(=O)Cn2cccn2)c1)NCc1ccccc1C.I. The highest BCUT2D eigenvalue weighted by atomic mass is 127. The van der Waals surface area contributed by atoms with Crippen LogP contribution in [0.5, 0.6) is 0 Å². The Morgan fingerprint density at radius 2 is 1.87 bits per heavy atom. The van der Waals surface area contributed by atoms with Gasteiger partial charge in [-0.2, -0.15) is 5.10 Å². The highest BCUT2D eigenvalue weighted by Crippen LogP contribution is 2.11. The maximum atomic E-state index is 12.1. The zero-order valence-electron chi connectivity index (χ0n) is 17.1. The first-order chi connectivity index (χ1) is 14.1. The maximum Gasteiger partial charge on any atom is 0.246 e. The number of aliphatic imine (C=N–C) groups is 1. The lowest BCUT2D eigenvalue weighted by Gasteiger charge is -2.14. The molecule has 3 aromatic rings. The Morgan fingerprint density at radius 3 is 2.60 bits per heavy atom. The van der Waals surface area contributed by atoms with Gasteiger partial charge < -0.3 is 16.0 Å². The van der Waals surface area contributed by atoms with Gasteiger partial charge in [-0.3, -0.25) is 14.5 Å². The number of aryl methyl sites for hydroxylation is 1. The zero-order chi connectivity index (χ0) is 20.5. The summed E-state index contributed by atoms with van der Waals surface area (Å²) >= 11 is 0. The average molecular weight is 518 g/mol. The van der Waals surface area contributed by atoms with Crippen molar-refractivity contribution in [2.75, 3.05) is 12.4 Å². The van der Waals surface area contributed by atoms with Crippen molar-refractivity contribution in [2.45, 2.75) is 26.6 Å². The second kappa shape index (κ2) is 12.0. The van der Waals surface area contributed by atoms with E-state index in [1.807, 2.05) is 36.4 Å². The van der Waals surface area contributed by atoms with Crippen molar-refractivity contribution >= 4 is 41.5 Å². The fourth-order valence-corrected chi connectivity index (χ4v) is 2.89. The number of hydrogen-bond acceptors (Lipinski definition) is 3. The van der Waals surface area contributed by atoms with E-state index in [1.165, 1.54) is 11.1 Å². The van der Waals surface area contributed by atoms with Crippen LogP contribution in [0.4, 0.5) is 5.69 Å². The zero-order valence-corrected chi connectivity index (χ0v) is 19.5. The Kier molecular flexibility index (Phi) is 9.33. The largest absolute Gasteiger partial charge is 0.352 e. The van der Waals surface area contributed by atoms with Crippen molar-refractivity contribution < 1.29 is 4.79 Å². The number of carbonyl (C=O) groups is 1. The Labute approximate surface area is 194 Å². The number of halogens is 1. The predicted octanol–water partition coefficient (Wildman–Crippen LogP) is 3.31. The highest BCUT2D eigenvalue weighted by molar-refractivity contribution is 14.0. The monoisotopic (exact) mass is 518 g/mol. The molecule has 0 atom stereocenters. The molecule has 1 amide bonds. The van der Waals surface area contributed by atoms with Gasteiger partial charge in [0.1, 0.15) is 6.54 Å². The molecule has 0 saturated heterocycles. The van der Waals surface area contributed by atoms with E-state index in [1.54, 1.807) is 30.2 Å². The van der Waals surface area contributed by atoms with Crippen LogP contribution in [-0.2, 0) is 24.4 Å². The molecule has 3 N–H and O–H groups in total. The Bertz CT molecular complexity index is 971. The van der Waals surface area contributed by atoms with Crippen molar-refractivity contribution in [3.63, 3.8) is 0 Å². The standard InChI is InChI=1S/C22H26N6O.HI/c1-17-7-3-4-9-19(17)15-25-22(23-2)24-14-18-8-5-10-20(13-18)27-21(29)16-28-12-6-11-26-28;/h3-13H,14-16H2,1-2H3,(H,27,29)(H2,23,24,25);1H. The molecule has 0 bridgehead atoms. The van der Waals surface area contributed by atoms with Crippen LogP contribution < -0.4 is 16.0 Å². The van der Waals surface area contributed by atoms with Gasteiger partial charge in [0, 0.05) is 38.2 Å². The van der Waals surface area contributed by atoms with E-state index in [0.29, 0.717) is 13.1 Å². The molecule has 0 radical (unpaired) electrons. The van der Waals surface area contributed by atoms with Crippen LogP contribution in [0.25, 0.3) is 0 Å². The van der Waals surface area contributed by atoms with Crippen molar-refractivity contribution in [3.8, 4) is 0 Å². The van der Waals surface area contributed by atoms with E-state index in [4.69, 9.17) is 0 Å². The number of nitrogens with zero attached hydrogens (tertiary/aromatic N) is 3. The van der Waals surface area contributed by atoms with E-state index >= 15 is 0 Å². The number of nitrogens with one attached hydrogen (secondary N) is 3. The van der Waals surface area contributed by atoms with E-state index in [2.05, 4.69) is 45.1 Å². The third kappa shape index (κ3) is 7.18. The summed E-state index contributed by atoms with van der Waals surface area (Å²) in [5.41, 5.74) is 4.27. The van der Waals surface area contributed by atoms with Crippen LogP contribution in [0.1, 0.15) is 16.7 Å². The van der Waals surface area contributed by atoms with Crippen LogP contribution in [0.2, 0.25) is 0 Å². The number of amides is 1.